The lowest BCUT2D eigenvalue weighted by Gasteiger charge is -2.40. The third kappa shape index (κ3) is 4.55. The summed E-state index contributed by atoms with van der Waals surface area (Å²) in [6, 6.07) is 7.81. The van der Waals surface area contributed by atoms with Gasteiger partial charge in [-0.15, -0.1) is 5.10 Å². The van der Waals surface area contributed by atoms with Crippen LogP contribution in [0.25, 0.3) is 11.5 Å². The zero-order chi connectivity index (χ0) is 19.9. The molecule has 0 aliphatic rings. The highest BCUT2D eigenvalue weighted by molar-refractivity contribution is 8.45. The van der Waals surface area contributed by atoms with Gasteiger partial charge in [-0.3, -0.25) is 10.1 Å². The molecule has 0 spiro atoms. The van der Waals surface area contributed by atoms with Gasteiger partial charge in [0.25, 0.3) is 5.91 Å². The predicted octanol–water partition coefficient (Wildman–Crippen LogP) is 6.30. The summed E-state index contributed by atoms with van der Waals surface area (Å²) in [5, 5.41) is 9.65. The van der Waals surface area contributed by atoms with Crippen LogP contribution >= 0.6 is 21.8 Å². The number of nitrogens with zero attached hydrogens (tertiary/aromatic N) is 2. The molecule has 1 N–H and O–H groups in total. The number of nitrogens with one attached hydrogen (secondary N) is 1. The van der Waals surface area contributed by atoms with E-state index in [1.165, 1.54) is 6.07 Å². The first-order valence-electron chi connectivity index (χ1n) is 7.07. The maximum Gasteiger partial charge on any atom is 0.322 e. The van der Waals surface area contributed by atoms with Crippen LogP contribution in [0.4, 0.5) is 25.4 Å². The Balaban J connectivity index is 1.83. The highest BCUT2D eigenvalue weighted by Gasteiger charge is 2.65. The predicted molar refractivity (Wildman–Crippen MR) is 90.5 cm³/mol. The van der Waals surface area contributed by atoms with Crippen LogP contribution in [0.15, 0.2) is 57.8 Å². The number of benzene rings is 2. The van der Waals surface area contributed by atoms with Crippen LogP contribution in [-0.2, 0) is 0 Å². The number of aromatic nitrogens is 2. The number of carbonyl (C=O) groups is 1. The maximum absolute atomic E-state index is 12.9. The Kier molecular flexibility index (Phi) is 4.01. The highest BCUT2D eigenvalue weighted by Crippen LogP contribution is 3.02. The van der Waals surface area contributed by atoms with Crippen LogP contribution in [-0.4, -0.2) is 16.1 Å². The van der Waals surface area contributed by atoms with Gasteiger partial charge in [-0.25, -0.2) is 0 Å². The molecular formula is C15H9ClF5N3O2S. The van der Waals surface area contributed by atoms with Gasteiger partial charge in [-0.2, -0.15) is 0 Å². The summed E-state index contributed by atoms with van der Waals surface area (Å²) in [6.45, 7) is 0. The lowest BCUT2D eigenvalue weighted by molar-refractivity contribution is 0.102. The number of carbonyl (C=O) groups excluding carboxylic acids is 1. The van der Waals surface area contributed by atoms with Crippen molar-refractivity contribution >= 4 is 33.7 Å². The van der Waals surface area contributed by atoms with Crippen LogP contribution in [0.3, 0.4) is 0 Å². The number of hydrogen-bond donors (Lipinski definition) is 1. The molecule has 0 bridgehead atoms. The summed E-state index contributed by atoms with van der Waals surface area (Å²) in [5.74, 6) is -1.13. The summed E-state index contributed by atoms with van der Waals surface area (Å²) in [7, 11) is -9.90. The Morgan fingerprint density at radius 1 is 1.00 bits per heavy atom. The van der Waals surface area contributed by atoms with Gasteiger partial charge in [-0.1, -0.05) is 48.3 Å². The van der Waals surface area contributed by atoms with Gasteiger partial charge in [0.2, 0.25) is 5.89 Å². The van der Waals surface area contributed by atoms with Gasteiger partial charge >= 0.3 is 16.2 Å². The van der Waals surface area contributed by atoms with Crippen molar-refractivity contribution in [2.45, 2.75) is 4.90 Å². The third-order valence-corrected chi connectivity index (χ3v) is 4.64. The summed E-state index contributed by atoms with van der Waals surface area (Å²) in [6.07, 6.45) is 0. The Hall–Kier alpha value is -2.66. The van der Waals surface area contributed by atoms with Crippen LogP contribution in [0.1, 0.15) is 10.4 Å². The van der Waals surface area contributed by atoms with E-state index in [1.54, 1.807) is 18.2 Å². The van der Waals surface area contributed by atoms with Crippen LogP contribution < -0.4 is 5.32 Å². The fourth-order valence-electron chi connectivity index (χ4n) is 2.06. The van der Waals surface area contributed by atoms with E-state index in [0.29, 0.717) is 16.7 Å². The second-order valence-electron chi connectivity index (χ2n) is 5.37. The SMILES string of the molecule is O=C(Nc1nnc(-c2cccc(Cl)c2)o1)c1cccc(S(F)(F)(F)(F)F)c1. The molecule has 2 aromatic carbocycles. The molecule has 0 aliphatic heterocycles. The highest BCUT2D eigenvalue weighted by atomic mass is 35.5. The molecule has 1 amide bonds. The Morgan fingerprint density at radius 3 is 2.37 bits per heavy atom. The number of anilines is 1. The smallest absolute Gasteiger partial charge is 0.322 e. The van der Waals surface area contributed by atoms with Crippen molar-refractivity contribution < 1.29 is 28.6 Å². The van der Waals surface area contributed by atoms with Crippen molar-refractivity contribution in [1.29, 1.82) is 0 Å². The van der Waals surface area contributed by atoms with E-state index in [0.717, 1.165) is 6.07 Å². The van der Waals surface area contributed by atoms with Crippen molar-refractivity contribution in [1.82, 2.24) is 10.2 Å². The molecule has 0 aliphatic carbocycles. The van der Waals surface area contributed by atoms with E-state index in [-0.39, 0.29) is 18.0 Å². The van der Waals surface area contributed by atoms with Crippen molar-refractivity contribution in [2.24, 2.45) is 0 Å². The minimum absolute atomic E-state index is 0.00596. The molecule has 1 aromatic heterocycles. The van der Waals surface area contributed by atoms with Gasteiger partial charge in [0.1, 0.15) is 4.90 Å². The van der Waals surface area contributed by atoms with Gasteiger partial charge in [-0.05, 0) is 36.4 Å². The summed E-state index contributed by atoms with van der Waals surface area (Å²) < 4.78 is 69.5. The minimum atomic E-state index is -9.90. The average molecular weight is 426 g/mol. The number of amides is 1. The van der Waals surface area contributed by atoms with E-state index >= 15 is 0 Å². The largest absolute Gasteiger partial charge is 0.403 e. The molecule has 0 radical (unpaired) electrons. The molecule has 144 valence electrons. The van der Waals surface area contributed by atoms with Crippen molar-refractivity contribution in [3.05, 3.63) is 59.1 Å². The second kappa shape index (κ2) is 5.67. The lowest BCUT2D eigenvalue weighted by Crippen LogP contribution is -2.14. The van der Waals surface area contributed by atoms with E-state index in [4.69, 9.17) is 16.0 Å². The first-order valence-corrected chi connectivity index (χ1v) is 9.40. The molecular weight excluding hydrogens is 417 g/mol. The monoisotopic (exact) mass is 425 g/mol. The molecule has 0 saturated carbocycles. The molecule has 12 heteroatoms. The third-order valence-electron chi connectivity index (χ3n) is 3.26. The summed E-state index contributed by atoms with van der Waals surface area (Å²) in [4.78, 5) is 9.87. The first kappa shape index (κ1) is 19.1. The standard InChI is InChI=1S/C15H9ClF5N3O2S/c16-11-5-1-4-10(7-11)14-23-24-15(26-14)22-13(25)9-3-2-6-12(8-9)27(17,18,19,20)21/h1-8H,(H,22,24,25). The fraction of sp³-hybridized carbons (Fsp3) is 0. The van der Waals surface area contributed by atoms with E-state index in [1.807, 2.05) is 0 Å². The number of hydrogen-bond acceptors (Lipinski definition) is 4. The van der Waals surface area contributed by atoms with Crippen LogP contribution in [0.5, 0.6) is 0 Å². The normalized spacial score (nSPS) is 14.3. The first-order chi connectivity index (χ1) is 12.3. The minimum Gasteiger partial charge on any atom is -0.403 e. The molecule has 0 fully saturated rings. The fourth-order valence-corrected chi connectivity index (χ4v) is 2.93. The van der Waals surface area contributed by atoms with Crippen molar-refractivity contribution in [2.75, 3.05) is 5.32 Å². The molecule has 27 heavy (non-hydrogen) atoms. The van der Waals surface area contributed by atoms with E-state index in [2.05, 4.69) is 15.5 Å². The van der Waals surface area contributed by atoms with Crippen molar-refractivity contribution in [3.63, 3.8) is 0 Å². The molecule has 0 atom stereocenters. The molecule has 0 saturated heterocycles. The Bertz CT molecular complexity index is 1040. The van der Waals surface area contributed by atoms with Gasteiger partial charge in [0.05, 0.1) is 0 Å². The van der Waals surface area contributed by atoms with Gasteiger partial charge < -0.3 is 4.42 Å². The zero-order valence-corrected chi connectivity index (χ0v) is 14.6. The number of halogens is 6. The maximum atomic E-state index is 12.9. The summed E-state index contributed by atoms with van der Waals surface area (Å²) in [5.41, 5.74) is -0.207. The number of rotatable bonds is 4. The zero-order valence-electron chi connectivity index (χ0n) is 13.0. The quantitative estimate of drug-likeness (QED) is 0.498. The van der Waals surface area contributed by atoms with Gasteiger partial charge in [0, 0.05) is 16.1 Å². The lowest BCUT2D eigenvalue weighted by atomic mass is 10.2. The Morgan fingerprint density at radius 2 is 1.70 bits per heavy atom. The van der Waals surface area contributed by atoms with Crippen LogP contribution in [0, 0.1) is 0 Å². The van der Waals surface area contributed by atoms with E-state index in [9.17, 15) is 24.2 Å². The molecule has 3 rings (SSSR count). The Labute approximate surface area is 153 Å². The molecule has 5 nitrogen and oxygen atoms in total. The molecule has 0 unspecified atom stereocenters. The molecule has 1 heterocycles. The topological polar surface area (TPSA) is 68.0 Å². The second-order valence-corrected chi connectivity index (χ2v) is 8.22. The van der Waals surface area contributed by atoms with E-state index < -0.39 is 32.6 Å². The van der Waals surface area contributed by atoms with Crippen molar-refractivity contribution in [3.8, 4) is 11.5 Å². The van der Waals surface area contributed by atoms with Gasteiger partial charge in [0.15, 0.2) is 0 Å². The average Bonchev–Trinajstić information content (AvgIpc) is 3.01. The summed E-state index contributed by atoms with van der Waals surface area (Å²) >= 11 is 5.83. The molecule has 3 aromatic rings. The van der Waals surface area contributed by atoms with Crippen LogP contribution in [0.2, 0.25) is 5.02 Å².